The number of hydrogen-bond donors (Lipinski definition) is 1. The first-order valence-electron chi connectivity index (χ1n) is 5.58. The summed E-state index contributed by atoms with van der Waals surface area (Å²) in [7, 11) is 1.81. The molecule has 0 aliphatic carbocycles. The van der Waals surface area contributed by atoms with E-state index in [0.29, 0.717) is 18.7 Å². The Labute approximate surface area is 117 Å². The van der Waals surface area contributed by atoms with E-state index in [0.717, 1.165) is 10.3 Å². The highest BCUT2D eigenvalue weighted by molar-refractivity contribution is 9.10. The summed E-state index contributed by atoms with van der Waals surface area (Å²) in [5.74, 6) is 0.824. The Morgan fingerprint density at radius 1 is 1.53 bits per heavy atom. The summed E-state index contributed by atoms with van der Waals surface area (Å²) in [5, 5.41) is 17.9. The molecule has 0 spiro atoms. The first kappa shape index (κ1) is 13.5. The first-order chi connectivity index (χ1) is 9.08. The smallest absolute Gasteiger partial charge is 0.292 e. The molecule has 100 valence electrons. The van der Waals surface area contributed by atoms with Crippen molar-refractivity contribution >= 4 is 27.3 Å². The molecule has 1 heterocycles. The van der Waals surface area contributed by atoms with Gasteiger partial charge >= 0.3 is 0 Å². The van der Waals surface area contributed by atoms with Crippen molar-refractivity contribution in [1.29, 1.82) is 0 Å². The van der Waals surface area contributed by atoms with Crippen molar-refractivity contribution in [3.63, 3.8) is 0 Å². The molecule has 0 aliphatic rings. The monoisotopic (exact) mass is 325 g/mol. The zero-order valence-electron chi connectivity index (χ0n) is 10.2. The molecule has 7 nitrogen and oxygen atoms in total. The fourth-order valence-electron chi connectivity index (χ4n) is 1.66. The minimum atomic E-state index is -0.406. The second-order valence-electron chi connectivity index (χ2n) is 3.90. The maximum atomic E-state index is 10.9. The average Bonchev–Trinajstić information content (AvgIpc) is 2.75. The Hall–Kier alpha value is -1.96. The fraction of sp³-hybridized carbons (Fsp3) is 0.273. The molecule has 0 atom stereocenters. The standard InChI is InChI=1S/C11H12BrN5O2/c1-16-11(14-7-15-16)4-5-13-9-6-8(12)2-3-10(9)17(18)19/h2-3,6-7,13H,4-5H2,1H3. The molecule has 19 heavy (non-hydrogen) atoms. The van der Waals surface area contributed by atoms with Gasteiger partial charge in [-0.2, -0.15) is 5.10 Å². The number of benzene rings is 1. The van der Waals surface area contributed by atoms with E-state index >= 15 is 0 Å². The number of aryl methyl sites for hydroxylation is 1. The van der Waals surface area contributed by atoms with Crippen LogP contribution in [-0.2, 0) is 13.5 Å². The third-order valence-corrected chi connectivity index (χ3v) is 3.12. The molecule has 0 radical (unpaired) electrons. The molecule has 0 amide bonds. The maximum Gasteiger partial charge on any atom is 0.292 e. The van der Waals surface area contributed by atoms with Gasteiger partial charge in [0.05, 0.1) is 4.92 Å². The second-order valence-corrected chi connectivity index (χ2v) is 4.81. The normalized spacial score (nSPS) is 10.4. The Bertz CT molecular complexity index is 599. The Morgan fingerprint density at radius 2 is 2.32 bits per heavy atom. The highest BCUT2D eigenvalue weighted by Gasteiger charge is 2.13. The molecular formula is C11H12BrN5O2. The quantitative estimate of drug-likeness (QED) is 0.672. The molecule has 8 heteroatoms. The lowest BCUT2D eigenvalue weighted by Gasteiger charge is -2.07. The van der Waals surface area contributed by atoms with E-state index in [4.69, 9.17) is 0 Å². The van der Waals surface area contributed by atoms with Gasteiger partial charge in [-0.15, -0.1) is 0 Å². The van der Waals surface area contributed by atoms with Gasteiger partial charge in [0, 0.05) is 30.6 Å². The van der Waals surface area contributed by atoms with Crippen LogP contribution in [-0.4, -0.2) is 26.2 Å². The average molecular weight is 326 g/mol. The molecule has 0 aliphatic heterocycles. The fourth-order valence-corrected chi connectivity index (χ4v) is 2.03. The van der Waals surface area contributed by atoms with Gasteiger partial charge in [0.15, 0.2) is 0 Å². The van der Waals surface area contributed by atoms with Crippen LogP contribution < -0.4 is 5.32 Å². The number of halogens is 1. The van der Waals surface area contributed by atoms with Crippen molar-refractivity contribution in [2.75, 3.05) is 11.9 Å². The summed E-state index contributed by atoms with van der Waals surface area (Å²) < 4.78 is 2.47. The van der Waals surface area contributed by atoms with Crippen LogP contribution in [0.25, 0.3) is 0 Å². The van der Waals surface area contributed by atoms with Gasteiger partial charge in [0.25, 0.3) is 5.69 Å². The van der Waals surface area contributed by atoms with E-state index < -0.39 is 4.92 Å². The summed E-state index contributed by atoms with van der Waals surface area (Å²) in [5.41, 5.74) is 0.544. The highest BCUT2D eigenvalue weighted by Crippen LogP contribution is 2.27. The van der Waals surface area contributed by atoms with E-state index in [9.17, 15) is 10.1 Å². The summed E-state index contributed by atoms with van der Waals surface area (Å²) in [4.78, 5) is 14.6. The molecule has 2 aromatic rings. The second kappa shape index (κ2) is 5.79. The van der Waals surface area contributed by atoms with Crippen LogP contribution in [0.1, 0.15) is 5.82 Å². The Morgan fingerprint density at radius 3 is 2.95 bits per heavy atom. The van der Waals surface area contributed by atoms with Crippen LogP contribution in [0.15, 0.2) is 29.0 Å². The molecule has 1 N–H and O–H groups in total. The molecular weight excluding hydrogens is 314 g/mol. The largest absolute Gasteiger partial charge is 0.379 e. The summed E-state index contributed by atoms with van der Waals surface area (Å²) in [6, 6.07) is 4.80. The van der Waals surface area contributed by atoms with E-state index in [-0.39, 0.29) is 5.69 Å². The van der Waals surface area contributed by atoms with E-state index in [2.05, 4.69) is 31.3 Å². The van der Waals surface area contributed by atoms with Crippen molar-refractivity contribution in [3.05, 3.63) is 44.9 Å². The van der Waals surface area contributed by atoms with Gasteiger partial charge in [-0.3, -0.25) is 14.8 Å². The predicted molar refractivity (Wildman–Crippen MR) is 74.0 cm³/mol. The number of nitrogens with one attached hydrogen (secondary N) is 1. The molecule has 1 aromatic heterocycles. The number of nitro benzene ring substituents is 1. The SMILES string of the molecule is Cn1ncnc1CCNc1cc(Br)ccc1[N+](=O)[O-]. The summed E-state index contributed by atoms with van der Waals surface area (Å²) >= 11 is 3.30. The third kappa shape index (κ3) is 3.28. The van der Waals surface area contributed by atoms with Gasteiger partial charge < -0.3 is 5.32 Å². The van der Waals surface area contributed by atoms with Gasteiger partial charge in [0.2, 0.25) is 0 Å². The highest BCUT2D eigenvalue weighted by atomic mass is 79.9. The Kier molecular flexibility index (Phi) is 4.10. The van der Waals surface area contributed by atoms with Crippen molar-refractivity contribution in [3.8, 4) is 0 Å². The molecule has 0 fully saturated rings. The molecule has 0 bridgehead atoms. The zero-order valence-corrected chi connectivity index (χ0v) is 11.8. The van der Waals surface area contributed by atoms with Gasteiger partial charge in [-0.05, 0) is 12.1 Å². The topological polar surface area (TPSA) is 85.9 Å². The number of nitro groups is 1. The number of rotatable bonds is 5. The van der Waals surface area contributed by atoms with Crippen molar-refractivity contribution in [2.24, 2.45) is 7.05 Å². The minimum Gasteiger partial charge on any atom is -0.379 e. The minimum absolute atomic E-state index is 0.0566. The van der Waals surface area contributed by atoms with Crippen LogP contribution in [0.2, 0.25) is 0 Å². The van der Waals surface area contributed by atoms with E-state index in [1.807, 2.05) is 7.05 Å². The van der Waals surface area contributed by atoms with Crippen molar-refractivity contribution in [1.82, 2.24) is 14.8 Å². The molecule has 2 rings (SSSR count). The first-order valence-corrected chi connectivity index (χ1v) is 6.38. The number of aromatic nitrogens is 3. The maximum absolute atomic E-state index is 10.9. The lowest BCUT2D eigenvalue weighted by Crippen LogP contribution is -2.10. The van der Waals surface area contributed by atoms with Gasteiger partial charge in [0.1, 0.15) is 17.8 Å². The van der Waals surface area contributed by atoms with Crippen LogP contribution >= 0.6 is 15.9 Å². The van der Waals surface area contributed by atoms with Crippen LogP contribution in [0, 0.1) is 10.1 Å². The predicted octanol–water partition coefficient (Wildman–Crippen LogP) is 2.14. The summed E-state index contributed by atoms with van der Waals surface area (Å²) in [6.07, 6.45) is 2.12. The van der Waals surface area contributed by atoms with E-state index in [1.165, 1.54) is 12.4 Å². The zero-order chi connectivity index (χ0) is 13.8. The van der Waals surface area contributed by atoms with Crippen molar-refractivity contribution in [2.45, 2.75) is 6.42 Å². The molecule has 0 saturated heterocycles. The molecule has 0 saturated carbocycles. The van der Waals surface area contributed by atoms with Gasteiger partial charge in [-0.25, -0.2) is 4.98 Å². The number of anilines is 1. The van der Waals surface area contributed by atoms with Gasteiger partial charge in [-0.1, -0.05) is 15.9 Å². The lowest BCUT2D eigenvalue weighted by molar-refractivity contribution is -0.384. The van der Waals surface area contributed by atoms with Crippen LogP contribution in [0.5, 0.6) is 0 Å². The molecule has 0 unspecified atom stereocenters. The third-order valence-electron chi connectivity index (χ3n) is 2.62. The number of hydrogen-bond acceptors (Lipinski definition) is 5. The van der Waals surface area contributed by atoms with Crippen molar-refractivity contribution < 1.29 is 4.92 Å². The van der Waals surface area contributed by atoms with Crippen LogP contribution in [0.4, 0.5) is 11.4 Å². The summed E-state index contributed by atoms with van der Waals surface area (Å²) in [6.45, 7) is 0.545. The Balaban J connectivity index is 2.05. The van der Waals surface area contributed by atoms with E-state index in [1.54, 1.807) is 16.8 Å². The number of nitrogens with zero attached hydrogens (tertiary/aromatic N) is 4. The molecule has 1 aromatic carbocycles. The lowest BCUT2D eigenvalue weighted by atomic mass is 10.2. The van der Waals surface area contributed by atoms with Crippen LogP contribution in [0.3, 0.4) is 0 Å².